The van der Waals surface area contributed by atoms with E-state index in [-0.39, 0.29) is 58.2 Å². The molecule has 0 aromatic heterocycles. The van der Waals surface area contributed by atoms with Crippen molar-refractivity contribution < 1.29 is 80.5 Å². The molecule has 26 heavy (non-hydrogen) atoms. The predicted molar refractivity (Wildman–Crippen MR) is 86.3 cm³/mol. The molecule has 0 radical (unpaired) electrons. The van der Waals surface area contributed by atoms with Gasteiger partial charge in [-0.1, -0.05) is 42.0 Å². The normalized spacial score (nSPS) is 11.0. The molecule has 0 aliphatic carbocycles. The van der Waals surface area contributed by atoms with Crippen LogP contribution in [0.15, 0.2) is 60.7 Å². The maximum absolute atomic E-state index is 14.2. The number of halogens is 4. The Morgan fingerprint density at radius 3 is 1.96 bits per heavy atom. The first kappa shape index (κ1) is 21.3. The maximum Gasteiger partial charge on any atom is 1.00 e. The van der Waals surface area contributed by atoms with Gasteiger partial charge >= 0.3 is 64.3 Å². The zero-order valence-electron chi connectivity index (χ0n) is 14.2. The van der Waals surface area contributed by atoms with Gasteiger partial charge in [0.2, 0.25) is 0 Å². The van der Waals surface area contributed by atoms with Gasteiger partial charge in [-0.15, -0.1) is 12.1 Å². The first-order chi connectivity index (χ1) is 11.9. The van der Waals surface area contributed by atoms with Gasteiger partial charge in [0.25, 0.3) is 0 Å². The summed E-state index contributed by atoms with van der Waals surface area (Å²) in [6, 6.07) is 16.8. The molecule has 3 rings (SSSR count). The summed E-state index contributed by atoms with van der Waals surface area (Å²) >= 11 is 0. The van der Waals surface area contributed by atoms with E-state index in [1.54, 1.807) is 0 Å². The molecule has 0 spiro atoms. The summed E-state index contributed by atoms with van der Waals surface area (Å²) in [5.74, 6) is -3.75. The van der Waals surface area contributed by atoms with Gasteiger partial charge in [0, 0.05) is 5.82 Å². The predicted octanol–water partition coefficient (Wildman–Crippen LogP) is 2.87. The van der Waals surface area contributed by atoms with E-state index in [1.165, 1.54) is 24.3 Å². The van der Waals surface area contributed by atoms with Crippen molar-refractivity contribution in [1.29, 1.82) is 0 Å². The number of ether oxygens (including phenoxy) is 1. The molecule has 0 saturated heterocycles. The van der Waals surface area contributed by atoms with Crippen LogP contribution in [0.3, 0.4) is 0 Å². The zero-order chi connectivity index (χ0) is 18.0. The quantitative estimate of drug-likeness (QED) is 0.457. The summed E-state index contributed by atoms with van der Waals surface area (Å²) < 4.78 is 59.4. The van der Waals surface area contributed by atoms with Crippen LogP contribution in [-0.2, 0) is 6.11 Å². The Morgan fingerprint density at radius 1 is 0.846 bits per heavy atom. The monoisotopic (exact) mass is 430 g/mol. The van der Waals surface area contributed by atoms with E-state index in [2.05, 4.69) is 4.74 Å². The molecule has 0 atom stereocenters. The van der Waals surface area contributed by atoms with E-state index < -0.39 is 29.1 Å². The maximum atomic E-state index is 14.2. The van der Waals surface area contributed by atoms with Gasteiger partial charge in [-0.05, 0) is 30.2 Å². The molecular formula is C20H13F4ORb. The van der Waals surface area contributed by atoms with Crippen molar-refractivity contribution in [3.63, 3.8) is 0 Å². The number of hydrogen-bond acceptors (Lipinski definition) is 1. The minimum absolute atomic E-state index is 0. The van der Waals surface area contributed by atoms with Crippen LogP contribution in [0.1, 0.15) is 11.1 Å². The summed E-state index contributed by atoms with van der Waals surface area (Å²) in [7, 11) is 0. The smallest absolute Gasteiger partial charge is 0.453 e. The number of rotatable bonds is 4. The molecule has 0 saturated carbocycles. The van der Waals surface area contributed by atoms with Crippen LogP contribution >= 0.6 is 0 Å². The minimum atomic E-state index is -3.81. The Labute approximate surface area is 197 Å². The van der Waals surface area contributed by atoms with Crippen LogP contribution in [0.4, 0.5) is 17.6 Å². The van der Waals surface area contributed by atoms with Crippen LogP contribution in [0.5, 0.6) is 5.75 Å². The molecule has 0 N–H and O–H groups in total. The van der Waals surface area contributed by atoms with Gasteiger partial charge in [0.1, 0.15) is 0 Å². The average molecular weight is 431 g/mol. The largest absolute Gasteiger partial charge is 1.00 e. The van der Waals surface area contributed by atoms with Crippen LogP contribution in [0.25, 0.3) is 11.1 Å². The van der Waals surface area contributed by atoms with E-state index >= 15 is 0 Å². The average Bonchev–Trinajstić information content (AvgIpc) is 2.60. The number of alkyl halides is 2. The third-order valence-corrected chi connectivity index (χ3v) is 3.70. The summed E-state index contributed by atoms with van der Waals surface area (Å²) in [4.78, 5) is 0. The Balaban J connectivity index is 0.00000243. The van der Waals surface area contributed by atoms with Crippen LogP contribution in [-0.4, -0.2) is 0 Å². The van der Waals surface area contributed by atoms with Crippen LogP contribution < -0.4 is 62.9 Å². The van der Waals surface area contributed by atoms with E-state index in [4.69, 9.17) is 0 Å². The fourth-order valence-electron chi connectivity index (χ4n) is 2.31. The second-order valence-corrected chi connectivity index (χ2v) is 5.53. The van der Waals surface area contributed by atoms with Crippen molar-refractivity contribution in [1.82, 2.24) is 0 Å². The third kappa shape index (κ3) is 4.82. The molecule has 0 bridgehead atoms. The van der Waals surface area contributed by atoms with Gasteiger partial charge in [-0.2, -0.15) is 14.8 Å². The Morgan fingerprint density at radius 2 is 1.38 bits per heavy atom. The Kier molecular flexibility index (Phi) is 7.19. The fraction of sp³-hybridized carbons (Fsp3) is 0.100. The Bertz CT molecular complexity index is 877. The number of aryl methyl sites for hydroxylation is 1. The van der Waals surface area contributed by atoms with Crippen molar-refractivity contribution >= 4 is 0 Å². The van der Waals surface area contributed by atoms with Crippen molar-refractivity contribution in [3.8, 4) is 16.9 Å². The molecule has 0 aliphatic rings. The first-order valence-electron chi connectivity index (χ1n) is 7.47. The van der Waals surface area contributed by atoms with Crippen LogP contribution in [0, 0.1) is 24.6 Å². The molecule has 0 aliphatic heterocycles. The molecule has 3 aromatic rings. The molecule has 128 valence electrons. The second kappa shape index (κ2) is 8.78. The van der Waals surface area contributed by atoms with Gasteiger partial charge in [-0.3, -0.25) is 4.39 Å². The standard InChI is InChI=1S/C20H13F4O.Rb/c1-13-5-7-14(8-6-13)15-9-11-16(12-10-15)20(23,24)25-18-4-2-3-17(21)19(18)22;/h2,4-12H,1H3;/q-1;+1. The molecule has 0 unspecified atom stereocenters. The molecule has 3 aromatic carbocycles. The summed E-state index contributed by atoms with van der Waals surface area (Å²) in [5.41, 5.74) is 2.27. The van der Waals surface area contributed by atoms with E-state index in [9.17, 15) is 17.6 Å². The zero-order valence-corrected chi connectivity index (χ0v) is 19.1. The van der Waals surface area contributed by atoms with E-state index in [0.29, 0.717) is 0 Å². The summed E-state index contributed by atoms with van der Waals surface area (Å²) in [5, 5.41) is 0. The molecule has 0 amide bonds. The molecule has 1 nitrogen and oxygen atoms in total. The molecule has 6 heteroatoms. The second-order valence-electron chi connectivity index (χ2n) is 5.53. The van der Waals surface area contributed by atoms with Crippen molar-refractivity contribution in [3.05, 3.63) is 89.5 Å². The summed E-state index contributed by atoms with van der Waals surface area (Å²) in [6.45, 7) is 1.95. The number of benzene rings is 3. The van der Waals surface area contributed by atoms with Gasteiger partial charge in [0.05, 0.1) is 17.1 Å². The van der Waals surface area contributed by atoms with Gasteiger partial charge < -0.3 is 4.74 Å². The SMILES string of the molecule is Cc1ccc(-c2ccc(C(F)(F)Oc3cc[c-]c(F)c3F)cc2)cc1.[Rb+]. The van der Waals surface area contributed by atoms with Crippen molar-refractivity contribution in [2.24, 2.45) is 0 Å². The van der Waals surface area contributed by atoms with E-state index in [0.717, 1.165) is 28.8 Å². The van der Waals surface area contributed by atoms with Crippen LogP contribution in [0.2, 0.25) is 0 Å². The van der Waals surface area contributed by atoms with Gasteiger partial charge in [0.15, 0.2) is 0 Å². The van der Waals surface area contributed by atoms with Gasteiger partial charge in [-0.25, -0.2) is 4.39 Å². The van der Waals surface area contributed by atoms with Crippen molar-refractivity contribution in [2.75, 3.05) is 0 Å². The molecular weight excluding hydrogens is 418 g/mol. The van der Waals surface area contributed by atoms with E-state index in [1.807, 2.05) is 37.3 Å². The molecule has 0 fully saturated rings. The Hall–Kier alpha value is -1.01. The third-order valence-electron chi connectivity index (χ3n) is 3.70. The molecule has 0 heterocycles. The first-order valence-corrected chi connectivity index (χ1v) is 7.47. The fourth-order valence-corrected chi connectivity index (χ4v) is 2.31. The number of hydrogen-bond donors (Lipinski definition) is 0. The topological polar surface area (TPSA) is 9.23 Å². The van der Waals surface area contributed by atoms with Crippen molar-refractivity contribution in [2.45, 2.75) is 13.0 Å². The minimum Gasteiger partial charge on any atom is -0.453 e. The summed E-state index contributed by atoms with van der Waals surface area (Å²) in [6.07, 6.45) is -3.81.